The molecule has 1 saturated heterocycles. The Labute approximate surface area is 111 Å². The SMILES string of the molecule is COc1cccc([C@@H]2O[C@@H]2C(=O)c2ccccc2)c1. The molecule has 0 aliphatic carbocycles. The lowest BCUT2D eigenvalue weighted by molar-refractivity contribution is 0.0953. The molecule has 1 aliphatic rings. The summed E-state index contributed by atoms with van der Waals surface area (Å²) in [5, 5.41) is 0. The average Bonchev–Trinajstić information content (AvgIpc) is 3.28. The van der Waals surface area contributed by atoms with Gasteiger partial charge in [0.1, 0.15) is 11.9 Å². The number of benzene rings is 2. The predicted molar refractivity (Wildman–Crippen MR) is 71.4 cm³/mol. The maximum atomic E-state index is 12.2. The van der Waals surface area contributed by atoms with E-state index in [0.29, 0.717) is 5.56 Å². The van der Waals surface area contributed by atoms with Crippen LogP contribution >= 0.6 is 0 Å². The van der Waals surface area contributed by atoms with E-state index in [1.807, 2.05) is 54.6 Å². The number of hydrogen-bond donors (Lipinski definition) is 0. The third-order valence-electron chi connectivity index (χ3n) is 3.23. The fraction of sp³-hybridized carbons (Fsp3) is 0.188. The first-order valence-electron chi connectivity index (χ1n) is 6.18. The van der Waals surface area contributed by atoms with Crippen LogP contribution in [0.2, 0.25) is 0 Å². The summed E-state index contributed by atoms with van der Waals surface area (Å²) in [6, 6.07) is 16.9. The molecule has 0 N–H and O–H groups in total. The Kier molecular flexibility index (Phi) is 3.05. The maximum absolute atomic E-state index is 12.2. The van der Waals surface area contributed by atoms with E-state index in [2.05, 4.69) is 0 Å². The highest BCUT2D eigenvalue weighted by atomic mass is 16.6. The molecule has 0 aromatic heterocycles. The molecule has 2 aromatic carbocycles. The van der Waals surface area contributed by atoms with Crippen molar-refractivity contribution in [1.29, 1.82) is 0 Å². The molecule has 0 amide bonds. The highest BCUT2D eigenvalue weighted by Crippen LogP contribution is 2.41. The Bertz CT molecular complexity index is 592. The molecule has 2 atom stereocenters. The van der Waals surface area contributed by atoms with Gasteiger partial charge in [-0.1, -0.05) is 42.5 Å². The van der Waals surface area contributed by atoms with Crippen molar-refractivity contribution in [3.05, 3.63) is 65.7 Å². The van der Waals surface area contributed by atoms with E-state index >= 15 is 0 Å². The Morgan fingerprint density at radius 1 is 1.11 bits per heavy atom. The van der Waals surface area contributed by atoms with E-state index in [-0.39, 0.29) is 18.0 Å². The highest BCUT2D eigenvalue weighted by Gasteiger charge is 2.46. The van der Waals surface area contributed by atoms with Gasteiger partial charge in [0.2, 0.25) is 0 Å². The fourth-order valence-corrected chi connectivity index (χ4v) is 2.15. The number of rotatable bonds is 4. The number of methoxy groups -OCH3 is 1. The van der Waals surface area contributed by atoms with Crippen LogP contribution in [0.25, 0.3) is 0 Å². The standard InChI is InChI=1S/C16H14O3/c1-18-13-9-5-8-12(10-13)15-16(19-15)14(17)11-6-3-2-4-7-11/h2-10,15-16H,1H3/t15-,16+/m0/s1. The molecule has 19 heavy (non-hydrogen) atoms. The third-order valence-corrected chi connectivity index (χ3v) is 3.23. The number of epoxide rings is 1. The summed E-state index contributed by atoms with van der Waals surface area (Å²) in [6.07, 6.45) is -0.516. The predicted octanol–water partition coefficient (Wildman–Crippen LogP) is 3.02. The molecule has 1 heterocycles. The zero-order valence-corrected chi connectivity index (χ0v) is 10.6. The number of carbonyl (C=O) groups excluding carboxylic acids is 1. The molecular formula is C16H14O3. The molecule has 2 aromatic rings. The van der Waals surface area contributed by atoms with Crippen molar-refractivity contribution in [1.82, 2.24) is 0 Å². The number of ketones is 1. The molecule has 0 saturated carbocycles. The summed E-state index contributed by atoms with van der Waals surface area (Å²) < 4.78 is 10.7. The highest BCUT2D eigenvalue weighted by molar-refractivity contribution is 6.01. The Morgan fingerprint density at radius 2 is 1.89 bits per heavy atom. The molecule has 96 valence electrons. The first-order chi connectivity index (χ1) is 9.29. The monoisotopic (exact) mass is 254 g/mol. The van der Waals surface area contributed by atoms with Gasteiger partial charge in [0, 0.05) is 5.56 Å². The van der Waals surface area contributed by atoms with E-state index in [4.69, 9.17) is 9.47 Å². The summed E-state index contributed by atoms with van der Waals surface area (Å²) in [5.74, 6) is 0.812. The van der Waals surface area contributed by atoms with Gasteiger partial charge < -0.3 is 9.47 Å². The first-order valence-corrected chi connectivity index (χ1v) is 6.18. The molecule has 1 aliphatic heterocycles. The fourth-order valence-electron chi connectivity index (χ4n) is 2.15. The lowest BCUT2D eigenvalue weighted by Crippen LogP contribution is -2.07. The van der Waals surface area contributed by atoms with Gasteiger partial charge in [-0.25, -0.2) is 0 Å². The van der Waals surface area contributed by atoms with E-state index in [0.717, 1.165) is 11.3 Å². The van der Waals surface area contributed by atoms with Gasteiger partial charge in [0.15, 0.2) is 11.9 Å². The van der Waals surface area contributed by atoms with Crippen LogP contribution in [0.5, 0.6) is 5.75 Å². The molecular weight excluding hydrogens is 240 g/mol. The van der Waals surface area contributed by atoms with Crippen LogP contribution in [0.1, 0.15) is 22.0 Å². The van der Waals surface area contributed by atoms with E-state index < -0.39 is 0 Å². The summed E-state index contributed by atoms with van der Waals surface area (Å²) >= 11 is 0. The van der Waals surface area contributed by atoms with Gasteiger partial charge in [0.25, 0.3) is 0 Å². The number of ether oxygens (including phenoxy) is 2. The first kappa shape index (κ1) is 11.9. The molecule has 3 nitrogen and oxygen atoms in total. The van der Waals surface area contributed by atoms with Crippen LogP contribution in [0.15, 0.2) is 54.6 Å². The summed E-state index contributed by atoms with van der Waals surface area (Å²) in [4.78, 5) is 12.2. The minimum atomic E-state index is -0.366. The van der Waals surface area contributed by atoms with E-state index in [1.54, 1.807) is 7.11 Å². The molecule has 3 heteroatoms. The van der Waals surface area contributed by atoms with Gasteiger partial charge in [-0.2, -0.15) is 0 Å². The Balaban J connectivity index is 1.76. The van der Waals surface area contributed by atoms with Gasteiger partial charge in [-0.15, -0.1) is 0 Å². The molecule has 0 unspecified atom stereocenters. The minimum Gasteiger partial charge on any atom is -0.497 e. The second kappa shape index (κ2) is 4.86. The second-order valence-corrected chi connectivity index (χ2v) is 4.48. The van der Waals surface area contributed by atoms with Crippen LogP contribution in [-0.2, 0) is 4.74 Å². The molecule has 0 spiro atoms. The van der Waals surface area contributed by atoms with Gasteiger partial charge in [0.05, 0.1) is 7.11 Å². The maximum Gasteiger partial charge on any atom is 0.194 e. The van der Waals surface area contributed by atoms with Crippen molar-refractivity contribution in [2.45, 2.75) is 12.2 Å². The average molecular weight is 254 g/mol. The third kappa shape index (κ3) is 2.37. The zero-order valence-electron chi connectivity index (χ0n) is 10.6. The zero-order chi connectivity index (χ0) is 13.2. The van der Waals surface area contributed by atoms with Crippen LogP contribution in [-0.4, -0.2) is 19.0 Å². The number of hydrogen-bond acceptors (Lipinski definition) is 3. The lowest BCUT2D eigenvalue weighted by atomic mass is 10.0. The van der Waals surface area contributed by atoms with Crippen molar-refractivity contribution < 1.29 is 14.3 Å². The molecule has 1 fully saturated rings. The molecule has 3 rings (SSSR count). The normalized spacial score (nSPS) is 20.9. The minimum absolute atomic E-state index is 0.0356. The molecule has 0 radical (unpaired) electrons. The van der Waals surface area contributed by atoms with E-state index in [1.165, 1.54) is 0 Å². The second-order valence-electron chi connectivity index (χ2n) is 4.48. The van der Waals surface area contributed by atoms with Crippen LogP contribution in [0, 0.1) is 0 Å². The van der Waals surface area contributed by atoms with Crippen molar-refractivity contribution in [2.24, 2.45) is 0 Å². The molecule has 0 bridgehead atoms. The van der Waals surface area contributed by atoms with Crippen LogP contribution in [0.3, 0.4) is 0 Å². The van der Waals surface area contributed by atoms with E-state index in [9.17, 15) is 4.79 Å². The largest absolute Gasteiger partial charge is 0.497 e. The van der Waals surface area contributed by atoms with Crippen LogP contribution < -0.4 is 4.74 Å². The van der Waals surface area contributed by atoms with Crippen molar-refractivity contribution in [2.75, 3.05) is 7.11 Å². The van der Waals surface area contributed by atoms with Crippen molar-refractivity contribution in [3.8, 4) is 5.75 Å². The quantitative estimate of drug-likeness (QED) is 0.622. The Morgan fingerprint density at radius 3 is 2.63 bits per heavy atom. The lowest BCUT2D eigenvalue weighted by Gasteiger charge is -2.01. The summed E-state index contributed by atoms with van der Waals surface area (Å²) in [5.41, 5.74) is 1.67. The number of carbonyl (C=O) groups is 1. The smallest absolute Gasteiger partial charge is 0.194 e. The summed E-state index contributed by atoms with van der Waals surface area (Å²) in [7, 11) is 1.62. The Hall–Kier alpha value is -2.13. The number of Topliss-reactive ketones (excluding diaryl/α,β-unsaturated/α-hetero) is 1. The van der Waals surface area contributed by atoms with Gasteiger partial charge in [-0.3, -0.25) is 4.79 Å². The summed E-state index contributed by atoms with van der Waals surface area (Å²) in [6.45, 7) is 0. The van der Waals surface area contributed by atoms with Crippen LogP contribution in [0.4, 0.5) is 0 Å². The topological polar surface area (TPSA) is 38.8 Å². The van der Waals surface area contributed by atoms with Crippen molar-refractivity contribution >= 4 is 5.78 Å². The van der Waals surface area contributed by atoms with Gasteiger partial charge in [-0.05, 0) is 17.7 Å². The van der Waals surface area contributed by atoms with Gasteiger partial charge >= 0.3 is 0 Å². The van der Waals surface area contributed by atoms with Crippen molar-refractivity contribution in [3.63, 3.8) is 0 Å².